The van der Waals surface area contributed by atoms with Crippen LogP contribution in [-0.4, -0.2) is 24.4 Å². The minimum absolute atomic E-state index is 0.129. The van der Waals surface area contributed by atoms with Crippen molar-refractivity contribution in [3.8, 4) is 0 Å². The van der Waals surface area contributed by atoms with Crippen molar-refractivity contribution >= 4 is 21.6 Å². The molecule has 3 aromatic rings. The van der Waals surface area contributed by atoms with E-state index in [4.69, 9.17) is 0 Å². The predicted octanol–water partition coefficient (Wildman–Crippen LogP) is 2.94. The molecule has 2 N–H and O–H groups in total. The van der Waals surface area contributed by atoms with Crippen LogP contribution in [0.1, 0.15) is 11.3 Å². The second-order valence-electron chi connectivity index (χ2n) is 5.83. The van der Waals surface area contributed by atoms with E-state index in [2.05, 4.69) is 20.6 Å². The number of pyridine rings is 2. The van der Waals surface area contributed by atoms with Gasteiger partial charge in [0.15, 0.2) is 0 Å². The molecule has 0 aliphatic heterocycles. The fourth-order valence-electron chi connectivity index (χ4n) is 2.32. The van der Waals surface area contributed by atoms with E-state index in [9.17, 15) is 13.2 Å². The number of benzene rings is 1. The minimum Gasteiger partial charge on any atom is -0.334 e. The molecule has 3 rings (SSSR count). The third-order valence-corrected chi connectivity index (χ3v) is 5.57. The number of rotatable bonds is 5. The number of urea groups is 1. The van der Waals surface area contributed by atoms with Crippen LogP contribution >= 0.6 is 0 Å². The molecule has 2 aromatic heterocycles. The summed E-state index contributed by atoms with van der Waals surface area (Å²) in [6, 6.07) is 12.4. The van der Waals surface area contributed by atoms with E-state index in [0.29, 0.717) is 12.2 Å². The molecule has 0 bridgehead atoms. The number of aromatic nitrogens is 2. The Hall–Kier alpha value is -3.26. The van der Waals surface area contributed by atoms with Crippen molar-refractivity contribution in [1.29, 1.82) is 0 Å². The second-order valence-corrected chi connectivity index (χ2v) is 7.78. The van der Waals surface area contributed by atoms with E-state index in [-0.39, 0.29) is 15.8 Å². The normalized spacial score (nSPS) is 11.0. The summed E-state index contributed by atoms with van der Waals surface area (Å²) < 4.78 is 25.2. The van der Waals surface area contributed by atoms with Gasteiger partial charge in [-0.2, -0.15) is 0 Å². The van der Waals surface area contributed by atoms with Gasteiger partial charge in [-0.1, -0.05) is 0 Å². The maximum absolute atomic E-state index is 12.6. The molecule has 0 radical (unpaired) electrons. The molecule has 27 heavy (non-hydrogen) atoms. The second kappa shape index (κ2) is 7.96. The highest BCUT2D eigenvalue weighted by Gasteiger charge is 2.17. The number of hydrogen-bond acceptors (Lipinski definition) is 5. The first-order chi connectivity index (χ1) is 12.9. The van der Waals surface area contributed by atoms with Gasteiger partial charge in [-0.25, -0.2) is 13.2 Å². The molecule has 138 valence electrons. The molecule has 0 saturated heterocycles. The Morgan fingerprint density at radius 2 is 1.63 bits per heavy atom. The Bertz CT molecular complexity index is 1020. The van der Waals surface area contributed by atoms with Crippen molar-refractivity contribution in [2.24, 2.45) is 0 Å². The quantitative estimate of drug-likeness (QED) is 0.706. The van der Waals surface area contributed by atoms with E-state index in [1.165, 1.54) is 24.4 Å². The maximum atomic E-state index is 12.6. The fraction of sp³-hybridized carbons (Fsp3) is 0.105. The van der Waals surface area contributed by atoms with Crippen molar-refractivity contribution in [3.05, 3.63) is 78.4 Å². The van der Waals surface area contributed by atoms with E-state index in [0.717, 1.165) is 11.3 Å². The first kappa shape index (κ1) is 18.5. The van der Waals surface area contributed by atoms with Crippen LogP contribution in [0, 0.1) is 6.92 Å². The van der Waals surface area contributed by atoms with Gasteiger partial charge < -0.3 is 10.6 Å². The van der Waals surface area contributed by atoms with Crippen LogP contribution in [-0.2, 0) is 16.4 Å². The lowest BCUT2D eigenvalue weighted by atomic mass is 10.3. The fourth-order valence-corrected chi connectivity index (χ4v) is 3.53. The highest BCUT2D eigenvalue weighted by atomic mass is 32.2. The standard InChI is InChI=1S/C19H18N4O3S/c1-14-2-5-18(13-21-14)27(25,26)17-6-3-16(4-7-17)23-19(24)22-12-15-8-10-20-11-9-15/h2-11,13H,12H2,1H3,(H2,22,23,24). The summed E-state index contributed by atoms with van der Waals surface area (Å²) in [5.41, 5.74) is 2.16. The summed E-state index contributed by atoms with van der Waals surface area (Å²) in [5, 5.41) is 5.38. The molecule has 2 heterocycles. The Balaban J connectivity index is 1.64. The summed E-state index contributed by atoms with van der Waals surface area (Å²) in [5.74, 6) is 0. The molecule has 0 spiro atoms. The van der Waals surface area contributed by atoms with Gasteiger partial charge in [0.05, 0.1) is 9.79 Å². The topological polar surface area (TPSA) is 101 Å². The van der Waals surface area contributed by atoms with Crippen molar-refractivity contribution in [1.82, 2.24) is 15.3 Å². The number of aryl methyl sites for hydroxylation is 1. The number of amides is 2. The van der Waals surface area contributed by atoms with Gasteiger partial charge in [0.2, 0.25) is 9.84 Å². The monoisotopic (exact) mass is 382 g/mol. The largest absolute Gasteiger partial charge is 0.334 e. The lowest BCUT2D eigenvalue weighted by Gasteiger charge is -2.09. The van der Waals surface area contributed by atoms with Crippen molar-refractivity contribution < 1.29 is 13.2 Å². The molecule has 0 unspecified atom stereocenters. The first-order valence-electron chi connectivity index (χ1n) is 8.17. The zero-order valence-electron chi connectivity index (χ0n) is 14.6. The maximum Gasteiger partial charge on any atom is 0.319 e. The highest BCUT2D eigenvalue weighted by Crippen LogP contribution is 2.22. The Morgan fingerprint density at radius 1 is 0.963 bits per heavy atom. The number of carbonyl (C=O) groups excluding carboxylic acids is 1. The van der Waals surface area contributed by atoms with Crippen LogP contribution in [0.2, 0.25) is 0 Å². The third-order valence-electron chi connectivity index (χ3n) is 3.82. The Labute approximate surface area is 157 Å². The van der Waals surface area contributed by atoms with Crippen LogP contribution < -0.4 is 10.6 Å². The lowest BCUT2D eigenvalue weighted by Crippen LogP contribution is -2.28. The van der Waals surface area contributed by atoms with Crippen molar-refractivity contribution in [2.45, 2.75) is 23.3 Å². The number of nitrogens with zero attached hydrogens (tertiary/aromatic N) is 2. The van der Waals surface area contributed by atoms with Crippen molar-refractivity contribution in [3.63, 3.8) is 0 Å². The average Bonchev–Trinajstić information content (AvgIpc) is 2.68. The molecule has 2 amide bonds. The highest BCUT2D eigenvalue weighted by molar-refractivity contribution is 7.91. The Morgan fingerprint density at radius 3 is 2.26 bits per heavy atom. The summed E-state index contributed by atoms with van der Waals surface area (Å²) in [7, 11) is -3.64. The molecular weight excluding hydrogens is 364 g/mol. The summed E-state index contributed by atoms with van der Waals surface area (Å²) >= 11 is 0. The van der Waals surface area contributed by atoms with Gasteiger partial charge in [-0.05, 0) is 61.0 Å². The number of carbonyl (C=O) groups is 1. The molecule has 0 saturated carbocycles. The molecule has 0 atom stereocenters. The van der Waals surface area contributed by atoms with Crippen LogP contribution in [0.3, 0.4) is 0 Å². The first-order valence-corrected chi connectivity index (χ1v) is 9.65. The van der Waals surface area contributed by atoms with E-state index < -0.39 is 9.84 Å². The molecular formula is C19H18N4O3S. The molecule has 7 nitrogen and oxygen atoms in total. The van der Waals surface area contributed by atoms with Gasteiger partial charge >= 0.3 is 6.03 Å². The minimum atomic E-state index is -3.64. The molecule has 8 heteroatoms. The zero-order chi connectivity index (χ0) is 19.3. The van der Waals surface area contributed by atoms with Gasteiger partial charge in [0, 0.05) is 36.5 Å². The molecule has 0 fully saturated rings. The SMILES string of the molecule is Cc1ccc(S(=O)(=O)c2ccc(NC(=O)NCc3ccncc3)cc2)cn1. The summed E-state index contributed by atoms with van der Waals surface area (Å²) in [6.45, 7) is 2.15. The van der Waals surface area contributed by atoms with Gasteiger partial charge in [-0.3, -0.25) is 9.97 Å². The third kappa shape index (κ3) is 4.68. The lowest BCUT2D eigenvalue weighted by molar-refractivity contribution is 0.251. The van der Waals surface area contributed by atoms with E-state index >= 15 is 0 Å². The number of hydrogen-bond donors (Lipinski definition) is 2. The van der Waals surface area contributed by atoms with Crippen LogP contribution in [0.5, 0.6) is 0 Å². The van der Waals surface area contributed by atoms with Gasteiger partial charge in [-0.15, -0.1) is 0 Å². The van der Waals surface area contributed by atoms with Crippen LogP contribution in [0.15, 0.2) is 76.9 Å². The molecule has 1 aromatic carbocycles. The molecule has 0 aliphatic carbocycles. The molecule has 0 aliphatic rings. The Kier molecular flexibility index (Phi) is 5.46. The smallest absolute Gasteiger partial charge is 0.319 e. The number of anilines is 1. The van der Waals surface area contributed by atoms with Crippen LogP contribution in [0.4, 0.5) is 10.5 Å². The van der Waals surface area contributed by atoms with E-state index in [1.807, 2.05) is 0 Å². The average molecular weight is 382 g/mol. The number of sulfone groups is 1. The predicted molar refractivity (Wildman–Crippen MR) is 101 cm³/mol. The summed E-state index contributed by atoms with van der Waals surface area (Å²) in [4.78, 5) is 20.2. The van der Waals surface area contributed by atoms with Gasteiger partial charge in [0.25, 0.3) is 0 Å². The number of nitrogens with one attached hydrogen (secondary N) is 2. The van der Waals surface area contributed by atoms with Crippen molar-refractivity contribution in [2.75, 3.05) is 5.32 Å². The van der Waals surface area contributed by atoms with Crippen LogP contribution in [0.25, 0.3) is 0 Å². The zero-order valence-corrected chi connectivity index (χ0v) is 15.4. The van der Waals surface area contributed by atoms with Gasteiger partial charge in [0.1, 0.15) is 0 Å². The summed E-state index contributed by atoms with van der Waals surface area (Å²) in [6.07, 6.45) is 4.64. The van der Waals surface area contributed by atoms with E-state index in [1.54, 1.807) is 49.6 Å².